The largest absolute Gasteiger partial charge is 0.452 e. The molecule has 0 saturated heterocycles. The number of hydrogen-bond donors (Lipinski definition) is 1. The summed E-state index contributed by atoms with van der Waals surface area (Å²) >= 11 is 0. The van der Waals surface area contributed by atoms with Crippen LogP contribution in [0.2, 0.25) is 0 Å². The van der Waals surface area contributed by atoms with E-state index in [1.165, 1.54) is 38.4 Å². The van der Waals surface area contributed by atoms with Gasteiger partial charge in [0.25, 0.3) is 15.9 Å². The number of sulfonamides is 1. The van der Waals surface area contributed by atoms with Crippen molar-refractivity contribution in [3.8, 4) is 0 Å². The predicted octanol–water partition coefficient (Wildman–Crippen LogP) is 2.79. The van der Waals surface area contributed by atoms with Gasteiger partial charge in [-0.05, 0) is 42.2 Å². The second-order valence-corrected chi connectivity index (χ2v) is 8.34. The third-order valence-electron chi connectivity index (χ3n) is 4.56. The van der Waals surface area contributed by atoms with E-state index >= 15 is 0 Å². The molecule has 0 aliphatic rings. The van der Waals surface area contributed by atoms with Crippen LogP contribution >= 0.6 is 0 Å². The van der Waals surface area contributed by atoms with Crippen LogP contribution in [0.25, 0.3) is 0 Å². The van der Waals surface area contributed by atoms with Crippen LogP contribution in [0.15, 0.2) is 47.4 Å². The first-order valence-electron chi connectivity index (χ1n) is 9.45. The fourth-order valence-corrected chi connectivity index (χ4v) is 3.84. The number of ether oxygens (including phenoxy) is 1. The maximum Gasteiger partial charge on any atom is 0.338 e. The molecule has 0 unspecified atom stereocenters. The highest BCUT2D eigenvalue weighted by Crippen LogP contribution is 2.22. The number of anilines is 1. The smallest absolute Gasteiger partial charge is 0.338 e. The minimum absolute atomic E-state index is 0.0107. The van der Waals surface area contributed by atoms with E-state index in [1.807, 2.05) is 32.0 Å². The monoisotopic (exact) mass is 434 g/mol. The average Bonchev–Trinajstić information content (AvgIpc) is 2.76. The summed E-state index contributed by atoms with van der Waals surface area (Å²) < 4.78 is 30.4. The zero-order chi connectivity index (χ0) is 22.3. The summed E-state index contributed by atoms with van der Waals surface area (Å²) in [5.74, 6) is -1.27. The molecule has 0 aromatic heterocycles. The number of hydrogen-bond acceptors (Lipinski definition) is 6. The van der Waals surface area contributed by atoms with Gasteiger partial charge in [0.05, 0.1) is 17.6 Å². The summed E-state index contributed by atoms with van der Waals surface area (Å²) in [6, 6.07) is 11.1. The lowest BCUT2D eigenvalue weighted by Crippen LogP contribution is -2.26. The van der Waals surface area contributed by atoms with E-state index in [-0.39, 0.29) is 10.5 Å². The zero-order valence-electron chi connectivity index (χ0n) is 17.5. The molecule has 162 valence electrons. The van der Waals surface area contributed by atoms with Crippen molar-refractivity contribution >= 4 is 27.6 Å². The average molecular weight is 435 g/mol. The summed E-state index contributed by atoms with van der Waals surface area (Å²) in [7, 11) is -1.45. The normalized spacial score (nSPS) is 11.4. The molecule has 0 spiro atoms. The maximum atomic E-state index is 12.3. The van der Waals surface area contributed by atoms with Gasteiger partial charge in [0.2, 0.25) is 0 Å². The number of amides is 1. The molecular formula is C21H26N2O6S. The number of hydroxylamine groups is 1. The van der Waals surface area contributed by atoms with Gasteiger partial charge in [-0.25, -0.2) is 13.2 Å². The molecule has 0 bridgehead atoms. The Hall–Kier alpha value is -2.75. The van der Waals surface area contributed by atoms with E-state index < -0.39 is 28.5 Å². The minimum atomic E-state index is -3.91. The number of aryl methyl sites for hydroxylation is 2. The molecule has 2 rings (SSSR count). The van der Waals surface area contributed by atoms with Gasteiger partial charge in [-0.3, -0.25) is 9.63 Å². The lowest BCUT2D eigenvalue weighted by Gasteiger charge is -2.15. The van der Waals surface area contributed by atoms with Gasteiger partial charge in [0, 0.05) is 12.7 Å². The molecule has 8 nitrogen and oxygen atoms in total. The van der Waals surface area contributed by atoms with Crippen molar-refractivity contribution in [1.82, 2.24) is 4.47 Å². The molecule has 0 heterocycles. The van der Waals surface area contributed by atoms with E-state index in [9.17, 15) is 18.0 Å². The van der Waals surface area contributed by atoms with Crippen molar-refractivity contribution in [1.29, 1.82) is 0 Å². The van der Waals surface area contributed by atoms with Gasteiger partial charge in [-0.15, -0.1) is 0 Å². The van der Waals surface area contributed by atoms with Gasteiger partial charge in [-0.2, -0.15) is 0 Å². The highest BCUT2D eigenvalue weighted by molar-refractivity contribution is 7.89. The number of carbonyl (C=O) groups excluding carboxylic acids is 2. The van der Waals surface area contributed by atoms with Crippen molar-refractivity contribution < 1.29 is 27.6 Å². The molecule has 0 fully saturated rings. The Labute approximate surface area is 176 Å². The summed E-state index contributed by atoms with van der Waals surface area (Å²) in [4.78, 5) is 29.2. The molecule has 1 N–H and O–H groups in total. The Morgan fingerprint density at radius 2 is 1.63 bits per heavy atom. The Morgan fingerprint density at radius 1 is 1.03 bits per heavy atom. The van der Waals surface area contributed by atoms with Crippen LogP contribution in [0, 0.1) is 0 Å². The van der Waals surface area contributed by atoms with E-state index in [0.717, 1.165) is 29.7 Å². The Morgan fingerprint density at radius 3 is 2.20 bits per heavy atom. The van der Waals surface area contributed by atoms with Crippen molar-refractivity contribution in [3.63, 3.8) is 0 Å². The zero-order valence-corrected chi connectivity index (χ0v) is 18.3. The first-order chi connectivity index (χ1) is 14.2. The number of nitrogens with one attached hydrogen (secondary N) is 1. The summed E-state index contributed by atoms with van der Waals surface area (Å²) in [5, 5.41) is 2.81. The molecule has 30 heavy (non-hydrogen) atoms. The van der Waals surface area contributed by atoms with E-state index in [0.29, 0.717) is 4.47 Å². The number of benzene rings is 2. The molecule has 1 amide bonds. The molecule has 0 aliphatic carbocycles. The molecule has 0 radical (unpaired) electrons. The quantitative estimate of drug-likeness (QED) is 0.481. The summed E-state index contributed by atoms with van der Waals surface area (Å²) in [6.45, 7) is 3.49. The number of rotatable bonds is 9. The molecular weight excluding hydrogens is 408 g/mol. The molecule has 0 atom stereocenters. The first-order valence-corrected chi connectivity index (χ1v) is 10.9. The van der Waals surface area contributed by atoms with Gasteiger partial charge in [0.1, 0.15) is 0 Å². The second kappa shape index (κ2) is 10.3. The van der Waals surface area contributed by atoms with Crippen molar-refractivity contribution in [2.75, 3.05) is 26.1 Å². The molecule has 2 aromatic carbocycles. The van der Waals surface area contributed by atoms with E-state index in [4.69, 9.17) is 9.57 Å². The van der Waals surface area contributed by atoms with Crippen LogP contribution < -0.4 is 5.32 Å². The lowest BCUT2D eigenvalue weighted by atomic mass is 10.0. The van der Waals surface area contributed by atoms with Gasteiger partial charge in [-0.1, -0.05) is 42.6 Å². The Kier molecular flexibility index (Phi) is 8.10. The van der Waals surface area contributed by atoms with Crippen LogP contribution in [0.3, 0.4) is 0 Å². The van der Waals surface area contributed by atoms with Crippen molar-refractivity contribution in [3.05, 3.63) is 59.2 Å². The van der Waals surface area contributed by atoms with Crippen LogP contribution in [0.1, 0.15) is 35.3 Å². The highest BCUT2D eigenvalue weighted by Gasteiger charge is 2.22. The lowest BCUT2D eigenvalue weighted by molar-refractivity contribution is -0.119. The Bertz CT molecular complexity index is 998. The number of carbonyl (C=O) groups is 2. The third-order valence-corrected chi connectivity index (χ3v) is 6.24. The maximum absolute atomic E-state index is 12.3. The fourth-order valence-electron chi connectivity index (χ4n) is 2.82. The predicted molar refractivity (Wildman–Crippen MR) is 113 cm³/mol. The fraction of sp³-hybridized carbons (Fsp3) is 0.333. The van der Waals surface area contributed by atoms with Crippen LogP contribution in [0.5, 0.6) is 0 Å². The molecule has 0 aliphatic heterocycles. The number of esters is 1. The third kappa shape index (κ3) is 5.44. The molecule has 0 saturated carbocycles. The minimum Gasteiger partial charge on any atom is -0.452 e. The van der Waals surface area contributed by atoms with Crippen LogP contribution in [-0.2, 0) is 37.2 Å². The van der Waals surface area contributed by atoms with E-state index in [1.54, 1.807) is 0 Å². The van der Waals surface area contributed by atoms with Gasteiger partial charge >= 0.3 is 5.97 Å². The Balaban J connectivity index is 2.08. The van der Waals surface area contributed by atoms with Gasteiger partial charge in [0.15, 0.2) is 6.61 Å². The highest BCUT2D eigenvalue weighted by atomic mass is 32.2. The van der Waals surface area contributed by atoms with Crippen molar-refractivity contribution in [2.45, 2.75) is 31.6 Å². The molecule has 9 heteroatoms. The number of nitrogens with zero attached hydrogens (tertiary/aromatic N) is 1. The summed E-state index contributed by atoms with van der Waals surface area (Å²) in [5.41, 5.74) is 2.74. The second-order valence-electron chi connectivity index (χ2n) is 6.41. The first kappa shape index (κ1) is 23.5. The van der Waals surface area contributed by atoms with Gasteiger partial charge < -0.3 is 10.1 Å². The van der Waals surface area contributed by atoms with E-state index in [2.05, 4.69) is 5.32 Å². The standard InChI is InChI=1S/C21H26N2O6S/c1-5-15-9-7-10-16(6-2)20(15)22-19(24)14-29-21(25)17-11-8-12-18(13-17)30(26,27)23(3)28-4/h7-13H,5-6,14H2,1-4H3,(H,22,24). The number of para-hydroxylation sites is 1. The molecule has 2 aromatic rings. The van der Waals surface area contributed by atoms with Crippen LogP contribution in [-0.4, -0.2) is 45.5 Å². The van der Waals surface area contributed by atoms with Crippen molar-refractivity contribution in [2.24, 2.45) is 0 Å². The van der Waals surface area contributed by atoms with Crippen LogP contribution in [0.4, 0.5) is 5.69 Å². The topological polar surface area (TPSA) is 102 Å². The SMILES string of the molecule is CCc1cccc(CC)c1NC(=O)COC(=O)c1cccc(S(=O)(=O)N(C)OC)c1. The summed E-state index contributed by atoms with van der Waals surface area (Å²) in [6.07, 6.45) is 1.50.